The van der Waals surface area contributed by atoms with Gasteiger partial charge in [-0.25, -0.2) is 4.79 Å². The molecule has 5 nitrogen and oxygen atoms in total. The first-order chi connectivity index (χ1) is 9.90. The number of benzene rings is 1. The fourth-order valence-electron chi connectivity index (χ4n) is 2.16. The van der Waals surface area contributed by atoms with E-state index >= 15 is 0 Å². The molecule has 0 radical (unpaired) electrons. The number of nitrogens with one attached hydrogen (secondary N) is 1. The average molecular weight is 352 g/mol. The Morgan fingerprint density at radius 1 is 1.29 bits per heavy atom. The first-order valence-corrected chi connectivity index (χ1v) is 7.44. The summed E-state index contributed by atoms with van der Waals surface area (Å²) in [5.74, 6) is 0. The van der Waals surface area contributed by atoms with Gasteiger partial charge in [0, 0.05) is 42.9 Å². The second kappa shape index (κ2) is 6.41. The fourth-order valence-corrected chi connectivity index (χ4v) is 2.58. The highest BCUT2D eigenvalue weighted by Crippen LogP contribution is 2.17. The highest BCUT2D eigenvalue weighted by molar-refractivity contribution is 9.10. The molecule has 0 aliphatic carbocycles. The van der Waals surface area contributed by atoms with Crippen LogP contribution in [0.2, 0.25) is 0 Å². The van der Waals surface area contributed by atoms with Crippen molar-refractivity contribution in [2.24, 2.45) is 14.1 Å². The Balaban J connectivity index is 2.17. The van der Waals surface area contributed by atoms with Gasteiger partial charge in [0.1, 0.15) is 0 Å². The Hall–Kier alpha value is -1.66. The van der Waals surface area contributed by atoms with Gasteiger partial charge in [-0.1, -0.05) is 28.1 Å². The van der Waals surface area contributed by atoms with Crippen LogP contribution < -0.4 is 16.6 Å². The topological polar surface area (TPSA) is 56.0 Å². The molecule has 0 saturated heterocycles. The van der Waals surface area contributed by atoms with Crippen molar-refractivity contribution in [3.8, 4) is 0 Å². The highest BCUT2D eigenvalue weighted by Gasteiger charge is 2.09. The van der Waals surface area contributed by atoms with Crippen LogP contribution in [0.3, 0.4) is 0 Å². The second-order valence-corrected chi connectivity index (χ2v) is 5.99. The SMILES string of the molecule is CC(NCc1cn(C)c(=O)n(C)c1=O)c1cccc(Br)c1. The zero-order valence-electron chi connectivity index (χ0n) is 12.3. The summed E-state index contributed by atoms with van der Waals surface area (Å²) in [5.41, 5.74) is 1.13. The minimum atomic E-state index is -0.316. The molecule has 1 N–H and O–H groups in total. The number of halogens is 1. The van der Waals surface area contributed by atoms with Crippen molar-refractivity contribution in [1.29, 1.82) is 0 Å². The van der Waals surface area contributed by atoms with E-state index in [1.165, 1.54) is 11.6 Å². The monoisotopic (exact) mass is 351 g/mol. The van der Waals surface area contributed by atoms with Crippen molar-refractivity contribution < 1.29 is 0 Å². The Bertz CT molecular complexity index is 764. The summed E-state index contributed by atoms with van der Waals surface area (Å²) in [6, 6.07) is 8.11. The van der Waals surface area contributed by atoms with Crippen molar-refractivity contribution in [1.82, 2.24) is 14.5 Å². The number of hydrogen-bond acceptors (Lipinski definition) is 3. The molecule has 0 amide bonds. The molecule has 6 heteroatoms. The lowest BCUT2D eigenvalue weighted by atomic mass is 10.1. The van der Waals surface area contributed by atoms with Crippen LogP contribution >= 0.6 is 15.9 Å². The van der Waals surface area contributed by atoms with Crippen molar-refractivity contribution in [2.45, 2.75) is 19.5 Å². The zero-order valence-corrected chi connectivity index (χ0v) is 13.8. The Labute approximate surface area is 131 Å². The van der Waals surface area contributed by atoms with Gasteiger partial charge in [0.25, 0.3) is 5.56 Å². The Kier molecular flexibility index (Phi) is 4.80. The number of hydrogen-bond donors (Lipinski definition) is 1. The molecular weight excluding hydrogens is 334 g/mol. The van der Waals surface area contributed by atoms with E-state index in [9.17, 15) is 9.59 Å². The lowest BCUT2D eigenvalue weighted by molar-refractivity contribution is 0.558. The number of rotatable bonds is 4. The largest absolute Gasteiger partial charge is 0.330 e. The Morgan fingerprint density at radius 2 is 2.00 bits per heavy atom. The van der Waals surface area contributed by atoms with Crippen molar-refractivity contribution in [3.63, 3.8) is 0 Å². The van der Waals surface area contributed by atoms with Crippen LogP contribution in [0, 0.1) is 0 Å². The first-order valence-electron chi connectivity index (χ1n) is 6.64. The van der Waals surface area contributed by atoms with Crippen LogP contribution in [0.5, 0.6) is 0 Å². The van der Waals surface area contributed by atoms with E-state index in [-0.39, 0.29) is 17.3 Å². The van der Waals surface area contributed by atoms with Gasteiger partial charge >= 0.3 is 5.69 Å². The predicted octanol–water partition coefficient (Wildman–Crippen LogP) is 1.70. The minimum absolute atomic E-state index is 0.101. The maximum absolute atomic E-state index is 12.0. The van der Waals surface area contributed by atoms with Gasteiger partial charge in [0.2, 0.25) is 0 Å². The summed E-state index contributed by atoms with van der Waals surface area (Å²) < 4.78 is 3.56. The minimum Gasteiger partial charge on any atom is -0.306 e. The summed E-state index contributed by atoms with van der Waals surface area (Å²) in [5, 5.41) is 3.31. The quantitative estimate of drug-likeness (QED) is 0.911. The summed E-state index contributed by atoms with van der Waals surface area (Å²) >= 11 is 3.45. The maximum atomic E-state index is 12.0. The smallest absolute Gasteiger partial charge is 0.306 e. The molecule has 0 bridgehead atoms. The van der Waals surface area contributed by atoms with Crippen LogP contribution in [-0.2, 0) is 20.6 Å². The number of aryl methyl sites for hydroxylation is 1. The molecule has 0 saturated carbocycles. The molecule has 112 valence electrons. The molecule has 1 aromatic heterocycles. The van der Waals surface area contributed by atoms with E-state index in [2.05, 4.69) is 21.2 Å². The van der Waals surface area contributed by atoms with Gasteiger partial charge in [-0.2, -0.15) is 0 Å². The van der Waals surface area contributed by atoms with Gasteiger partial charge in [0.15, 0.2) is 0 Å². The van der Waals surface area contributed by atoms with E-state index in [0.29, 0.717) is 12.1 Å². The molecule has 1 aromatic carbocycles. The molecular formula is C15H18BrN3O2. The van der Waals surface area contributed by atoms with E-state index < -0.39 is 0 Å². The molecule has 0 spiro atoms. The molecule has 1 atom stereocenters. The van der Waals surface area contributed by atoms with Gasteiger partial charge < -0.3 is 9.88 Å². The number of aromatic nitrogens is 2. The van der Waals surface area contributed by atoms with Gasteiger partial charge in [0.05, 0.1) is 0 Å². The molecule has 1 heterocycles. The molecule has 0 aliphatic rings. The highest BCUT2D eigenvalue weighted by atomic mass is 79.9. The van der Waals surface area contributed by atoms with E-state index in [1.807, 2.05) is 31.2 Å². The molecule has 2 rings (SSSR count). The average Bonchev–Trinajstić information content (AvgIpc) is 2.47. The van der Waals surface area contributed by atoms with Crippen molar-refractivity contribution in [3.05, 3.63) is 66.9 Å². The normalized spacial score (nSPS) is 12.4. The summed E-state index contributed by atoms with van der Waals surface area (Å²) in [6.07, 6.45) is 1.59. The van der Waals surface area contributed by atoms with Gasteiger partial charge in [-0.05, 0) is 24.6 Å². The van der Waals surface area contributed by atoms with Crippen LogP contribution in [0.1, 0.15) is 24.1 Å². The van der Waals surface area contributed by atoms with Crippen LogP contribution in [-0.4, -0.2) is 9.13 Å². The predicted molar refractivity (Wildman–Crippen MR) is 86.3 cm³/mol. The molecule has 1 unspecified atom stereocenters. The number of nitrogens with zero attached hydrogens (tertiary/aromatic N) is 2. The van der Waals surface area contributed by atoms with E-state index in [0.717, 1.165) is 14.6 Å². The molecule has 2 aromatic rings. The van der Waals surface area contributed by atoms with E-state index in [1.54, 1.807) is 13.2 Å². The molecule has 0 aliphatic heterocycles. The second-order valence-electron chi connectivity index (χ2n) is 5.07. The van der Waals surface area contributed by atoms with Crippen LogP contribution in [0.25, 0.3) is 0 Å². The third-order valence-corrected chi connectivity index (χ3v) is 3.96. The molecule has 0 fully saturated rings. The Morgan fingerprint density at radius 3 is 2.67 bits per heavy atom. The van der Waals surface area contributed by atoms with Crippen LogP contribution in [0.15, 0.2) is 44.5 Å². The standard InChI is InChI=1S/C15H18BrN3O2/c1-10(11-5-4-6-13(16)7-11)17-8-12-9-18(2)15(21)19(3)14(12)20/h4-7,9-10,17H,8H2,1-3H3. The van der Waals surface area contributed by atoms with Crippen molar-refractivity contribution in [2.75, 3.05) is 0 Å². The van der Waals surface area contributed by atoms with Crippen LogP contribution in [0.4, 0.5) is 0 Å². The summed E-state index contributed by atoms with van der Waals surface area (Å²) in [7, 11) is 3.13. The van der Waals surface area contributed by atoms with Crippen molar-refractivity contribution >= 4 is 15.9 Å². The third-order valence-electron chi connectivity index (χ3n) is 3.46. The fraction of sp³-hybridized carbons (Fsp3) is 0.333. The van der Waals surface area contributed by atoms with E-state index in [4.69, 9.17) is 0 Å². The lowest BCUT2D eigenvalue weighted by Crippen LogP contribution is -2.39. The summed E-state index contributed by atoms with van der Waals surface area (Å²) in [6.45, 7) is 2.45. The third kappa shape index (κ3) is 3.51. The maximum Gasteiger partial charge on any atom is 0.330 e. The van der Waals surface area contributed by atoms with Gasteiger partial charge in [-0.15, -0.1) is 0 Å². The lowest BCUT2D eigenvalue weighted by Gasteiger charge is -2.15. The first kappa shape index (κ1) is 15.7. The molecule has 21 heavy (non-hydrogen) atoms. The summed E-state index contributed by atoms with van der Waals surface area (Å²) in [4.78, 5) is 23.7. The zero-order chi connectivity index (χ0) is 15.6. The van der Waals surface area contributed by atoms with Gasteiger partial charge in [-0.3, -0.25) is 9.36 Å².